The Kier molecular flexibility index (Phi) is 3.90. The minimum absolute atomic E-state index is 0.0607. The van der Waals surface area contributed by atoms with Gasteiger partial charge in [0.1, 0.15) is 5.82 Å². The van der Waals surface area contributed by atoms with E-state index in [9.17, 15) is 15.0 Å². The molecule has 0 unspecified atom stereocenters. The number of aliphatic hydroxyl groups excluding tert-OH is 1. The summed E-state index contributed by atoms with van der Waals surface area (Å²) < 4.78 is 0. The number of benzene rings is 1. The Balaban J connectivity index is 2.40. The van der Waals surface area contributed by atoms with Crippen molar-refractivity contribution in [3.8, 4) is 0 Å². The van der Waals surface area contributed by atoms with Crippen LogP contribution in [-0.2, 0) is 0 Å². The van der Waals surface area contributed by atoms with E-state index in [1.54, 1.807) is 24.4 Å². The minimum atomic E-state index is -0.955. The summed E-state index contributed by atoms with van der Waals surface area (Å²) in [4.78, 5) is 15.5. The Morgan fingerprint density at radius 3 is 2.70 bits per heavy atom. The Labute approximate surface area is 117 Å². The first-order valence-corrected chi connectivity index (χ1v) is 6.40. The molecule has 0 radical (unpaired) electrons. The molecule has 0 bridgehead atoms. The highest BCUT2D eigenvalue weighted by Crippen LogP contribution is 2.25. The van der Waals surface area contributed by atoms with Crippen molar-refractivity contribution in [3.05, 3.63) is 36.0 Å². The number of aromatic carboxylic acids is 1. The topological polar surface area (TPSA) is 82.5 Å². The van der Waals surface area contributed by atoms with Crippen molar-refractivity contribution in [1.29, 1.82) is 0 Å². The van der Waals surface area contributed by atoms with Crippen molar-refractivity contribution in [2.75, 3.05) is 18.5 Å². The Bertz CT molecular complexity index is 638. The molecule has 2 rings (SSSR count). The summed E-state index contributed by atoms with van der Waals surface area (Å²) in [6.07, 6.45) is 1.59. The highest BCUT2D eigenvalue weighted by Gasteiger charge is 2.17. The summed E-state index contributed by atoms with van der Waals surface area (Å²) in [5.41, 5.74) is -0.0109. The normalized spacial score (nSPS) is 11.6. The molecule has 1 heterocycles. The monoisotopic (exact) mass is 274 g/mol. The van der Waals surface area contributed by atoms with Crippen LogP contribution >= 0.6 is 0 Å². The largest absolute Gasteiger partial charge is 0.478 e. The zero-order chi connectivity index (χ0) is 14.8. The van der Waals surface area contributed by atoms with E-state index in [0.717, 1.165) is 5.39 Å². The van der Waals surface area contributed by atoms with Crippen molar-refractivity contribution in [3.63, 3.8) is 0 Å². The van der Waals surface area contributed by atoms with Gasteiger partial charge in [-0.05, 0) is 12.1 Å². The molecule has 5 nitrogen and oxygen atoms in total. The van der Waals surface area contributed by atoms with Crippen LogP contribution in [0.15, 0.2) is 30.5 Å². The van der Waals surface area contributed by atoms with Crippen LogP contribution in [-0.4, -0.2) is 34.3 Å². The van der Waals surface area contributed by atoms with Crippen LogP contribution in [0.5, 0.6) is 0 Å². The van der Waals surface area contributed by atoms with Gasteiger partial charge in [0.2, 0.25) is 0 Å². The molecule has 0 aliphatic carbocycles. The molecular formula is C15H18N2O3. The van der Waals surface area contributed by atoms with Crippen molar-refractivity contribution in [1.82, 2.24) is 4.98 Å². The highest BCUT2D eigenvalue weighted by atomic mass is 16.4. The molecule has 0 aliphatic heterocycles. The lowest BCUT2D eigenvalue weighted by molar-refractivity contribution is 0.0699. The average Bonchev–Trinajstić information content (AvgIpc) is 2.44. The maximum absolute atomic E-state index is 11.2. The van der Waals surface area contributed by atoms with Gasteiger partial charge >= 0.3 is 5.97 Å². The van der Waals surface area contributed by atoms with Crippen LogP contribution in [0.1, 0.15) is 24.2 Å². The van der Waals surface area contributed by atoms with E-state index in [4.69, 9.17) is 0 Å². The van der Waals surface area contributed by atoms with E-state index in [1.165, 1.54) is 0 Å². The lowest BCUT2D eigenvalue weighted by atomic mass is 9.95. The highest BCUT2D eigenvalue weighted by molar-refractivity contribution is 6.06. The second-order valence-electron chi connectivity index (χ2n) is 5.54. The predicted molar refractivity (Wildman–Crippen MR) is 78.1 cm³/mol. The fraction of sp³-hybridized carbons (Fsp3) is 0.333. The second-order valence-corrected chi connectivity index (χ2v) is 5.54. The van der Waals surface area contributed by atoms with Gasteiger partial charge in [0, 0.05) is 35.5 Å². The molecule has 0 saturated heterocycles. The minimum Gasteiger partial charge on any atom is -0.478 e. The molecule has 0 fully saturated rings. The lowest BCUT2D eigenvalue weighted by Crippen LogP contribution is -2.27. The third-order valence-electron chi connectivity index (χ3n) is 3.20. The average molecular weight is 274 g/mol. The number of rotatable bonds is 5. The third-order valence-corrected chi connectivity index (χ3v) is 3.20. The SMILES string of the molecule is CC(C)(CO)CNc1nccc2c(C(=O)O)cccc12. The quantitative estimate of drug-likeness (QED) is 0.779. The second kappa shape index (κ2) is 5.46. The van der Waals surface area contributed by atoms with Gasteiger partial charge in [-0.25, -0.2) is 9.78 Å². The molecule has 0 spiro atoms. The molecule has 5 heteroatoms. The summed E-state index contributed by atoms with van der Waals surface area (Å²) in [5.74, 6) is -0.324. The molecule has 0 atom stereocenters. The van der Waals surface area contributed by atoms with Crippen LogP contribution in [0.2, 0.25) is 0 Å². The number of hydrogen-bond donors (Lipinski definition) is 3. The van der Waals surface area contributed by atoms with Crippen LogP contribution in [0, 0.1) is 5.41 Å². The Morgan fingerprint density at radius 2 is 2.05 bits per heavy atom. The summed E-state index contributed by atoms with van der Waals surface area (Å²) in [6, 6.07) is 6.81. The number of aromatic nitrogens is 1. The summed E-state index contributed by atoms with van der Waals surface area (Å²) in [7, 11) is 0. The first-order chi connectivity index (χ1) is 9.44. The molecule has 20 heavy (non-hydrogen) atoms. The summed E-state index contributed by atoms with van der Waals surface area (Å²) in [5, 5.41) is 23.1. The molecule has 3 N–H and O–H groups in total. The van der Waals surface area contributed by atoms with E-state index in [2.05, 4.69) is 10.3 Å². The van der Waals surface area contributed by atoms with Gasteiger partial charge in [-0.3, -0.25) is 0 Å². The molecule has 1 aromatic carbocycles. The van der Waals surface area contributed by atoms with Crippen LogP contribution in [0.3, 0.4) is 0 Å². The first kappa shape index (κ1) is 14.3. The predicted octanol–water partition coefficient (Wildman–Crippen LogP) is 2.36. The maximum Gasteiger partial charge on any atom is 0.336 e. The molecule has 0 saturated carbocycles. The molecule has 1 aromatic heterocycles. The number of aliphatic hydroxyl groups is 1. The number of anilines is 1. The van der Waals surface area contributed by atoms with Gasteiger partial charge in [0.05, 0.1) is 5.56 Å². The van der Waals surface area contributed by atoms with Crippen molar-refractivity contribution in [2.45, 2.75) is 13.8 Å². The molecule has 2 aromatic rings. The zero-order valence-electron chi connectivity index (χ0n) is 11.6. The number of fused-ring (bicyclic) bond motifs is 1. The number of nitrogens with zero attached hydrogens (tertiary/aromatic N) is 1. The fourth-order valence-electron chi connectivity index (χ4n) is 1.91. The zero-order valence-corrected chi connectivity index (χ0v) is 11.6. The molecule has 106 valence electrons. The summed E-state index contributed by atoms with van der Waals surface area (Å²) >= 11 is 0. The number of nitrogens with one attached hydrogen (secondary N) is 1. The van der Waals surface area contributed by atoms with Gasteiger partial charge in [-0.15, -0.1) is 0 Å². The van der Waals surface area contributed by atoms with Gasteiger partial charge in [0.15, 0.2) is 0 Å². The first-order valence-electron chi connectivity index (χ1n) is 6.40. The number of carboxylic acid groups (broad SMARTS) is 1. The van der Waals surface area contributed by atoms with Gasteiger partial charge < -0.3 is 15.5 Å². The Hall–Kier alpha value is -2.14. The molecule has 0 aliphatic rings. The van der Waals surface area contributed by atoms with E-state index >= 15 is 0 Å². The number of carboxylic acids is 1. The number of hydrogen-bond acceptors (Lipinski definition) is 4. The van der Waals surface area contributed by atoms with Gasteiger partial charge in [-0.1, -0.05) is 26.0 Å². The smallest absolute Gasteiger partial charge is 0.336 e. The summed E-state index contributed by atoms with van der Waals surface area (Å²) in [6.45, 7) is 4.49. The number of pyridine rings is 1. The van der Waals surface area contributed by atoms with E-state index in [1.807, 2.05) is 19.9 Å². The van der Waals surface area contributed by atoms with Crippen molar-refractivity contribution in [2.24, 2.45) is 5.41 Å². The Morgan fingerprint density at radius 1 is 1.30 bits per heavy atom. The lowest BCUT2D eigenvalue weighted by Gasteiger charge is -2.22. The molecular weight excluding hydrogens is 256 g/mol. The number of carbonyl (C=O) groups is 1. The van der Waals surface area contributed by atoms with E-state index in [-0.39, 0.29) is 17.6 Å². The van der Waals surface area contributed by atoms with E-state index in [0.29, 0.717) is 17.7 Å². The standard InChI is InChI=1S/C15H18N2O3/c1-15(2,9-18)8-17-13-11-4-3-5-12(14(19)20)10(11)6-7-16-13/h3-7,18H,8-9H2,1-2H3,(H,16,17)(H,19,20). The third kappa shape index (κ3) is 2.88. The molecule has 0 amide bonds. The van der Waals surface area contributed by atoms with Gasteiger partial charge in [0.25, 0.3) is 0 Å². The van der Waals surface area contributed by atoms with Crippen LogP contribution < -0.4 is 5.32 Å². The fourth-order valence-corrected chi connectivity index (χ4v) is 1.91. The van der Waals surface area contributed by atoms with Gasteiger partial charge in [-0.2, -0.15) is 0 Å². The van der Waals surface area contributed by atoms with Crippen LogP contribution in [0.4, 0.5) is 5.82 Å². The van der Waals surface area contributed by atoms with Crippen molar-refractivity contribution >= 4 is 22.6 Å². The van der Waals surface area contributed by atoms with E-state index < -0.39 is 5.97 Å². The van der Waals surface area contributed by atoms with Crippen molar-refractivity contribution < 1.29 is 15.0 Å². The maximum atomic E-state index is 11.2. The van der Waals surface area contributed by atoms with Crippen LogP contribution in [0.25, 0.3) is 10.8 Å².